The summed E-state index contributed by atoms with van der Waals surface area (Å²) in [5.41, 5.74) is 6.08. The Hall–Kier alpha value is -1.52. The molecule has 0 amide bonds. The summed E-state index contributed by atoms with van der Waals surface area (Å²) < 4.78 is 11.6. The zero-order valence-corrected chi connectivity index (χ0v) is 13.7. The van der Waals surface area contributed by atoms with Gasteiger partial charge in [0.05, 0.1) is 6.61 Å². The van der Waals surface area contributed by atoms with E-state index in [-0.39, 0.29) is 12.1 Å². The van der Waals surface area contributed by atoms with E-state index in [2.05, 4.69) is 26.0 Å². The van der Waals surface area contributed by atoms with E-state index in [1.165, 1.54) is 4.88 Å². The van der Waals surface area contributed by atoms with E-state index in [9.17, 15) is 0 Å². The predicted molar refractivity (Wildman–Crippen MR) is 88.3 cm³/mol. The van der Waals surface area contributed by atoms with Gasteiger partial charge < -0.3 is 15.2 Å². The molecule has 114 valence electrons. The van der Waals surface area contributed by atoms with Crippen LogP contribution in [-0.2, 0) is 0 Å². The Bertz CT molecular complexity index is 548. The fraction of sp³-hybridized carbons (Fsp3) is 0.412. The second-order valence-electron chi connectivity index (χ2n) is 5.17. The third-order valence-corrected chi connectivity index (χ3v) is 4.14. The van der Waals surface area contributed by atoms with Crippen molar-refractivity contribution in [3.05, 3.63) is 46.2 Å². The standard InChI is InChI=1S/C17H23NO2S/c1-4-11-19-14-6-8-15(9-7-14)20-17(13(3)18)16-10-5-12(2)21-16/h5-10,13,17H,4,11,18H2,1-3H3. The van der Waals surface area contributed by atoms with Crippen LogP contribution in [0.15, 0.2) is 36.4 Å². The summed E-state index contributed by atoms with van der Waals surface area (Å²) in [6, 6.07) is 11.8. The normalized spacial score (nSPS) is 13.7. The maximum absolute atomic E-state index is 6.08. The molecule has 0 saturated heterocycles. The van der Waals surface area contributed by atoms with Crippen molar-refractivity contribution in [2.45, 2.75) is 39.3 Å². The van der Waals surface area contributed by atoms with E-state index in [1.54, 1.807) is 11.3 Å². The molecule has 0 saturated carbocycles. The maximum atomic E-state index is 6.08. The molecule has 1 heterocycles. The molecule has 1 aromatic heterocycles. The van der Waals surface area contributed by atoms with Gasteiger partial charge in [0, 0.05) is 15.8 Å². The number of ether oxygens (including phenoxy) is 2. The second-order valence-corrected chi connectivity index (χ2v) is 6.49. The van der Waals surface area contributed by atoms with Gasteiger partial charge in [-0.1, -0.05) is 6.92 Å². The molecule has 1 aromatic carbocycles. The van der Waals surface area contributed by atoms with Crippen LogP contribution in [0.3, 0.4) is 0 Å². The number of benzene rings is 1. The lowest BCUT2D eigenvalue weighted by molar-refractivity contribution is 0.184. The number of thiophene rings is 1. The number of nitrogens with two attached hydrogens (primary N) is 1. The molecular weight excluding hydrogens is 282 g/mol. The van der Waals surface area contributed by atoms with E-state index in [4.69, 9.17) is 15.2 Å². The summed E-state index contributed by atoms with van der Waals surface area (Å²) >= 11 is 1.73. The fourth-order valence-corrected chi connectivity index (χ4v) is 3.03. The Morgan fingerprint density at radius 1 is 1.10 bits per heavy atom. The Balaban J connectivity index is 2.07. The third-order valence-electron chi connectivity index (χ3n) is 3.08. The smallest absolute Gasteiger partial charge is 0.148 e. The second kappa shape index (κ2) is 7.48. The largest absolute Gasteiger partial charge is 0.494 e. The van der Waals surface area contributed by atoms with Crippen molar-refractivity contribution in [3.63, 3.8) is 0 Å². The fourth-order valence-electron chi connectivity index (χ4n) is 2.01. The highest BCUT2D eigenvalue weighted by Crippen LogP contribution is 2.30. The van der Waals surface area contributed by atoms with E-state index >= 15 is 0 Å². The molecule has 0 aliphatic rings. The van der Waals surface area contributed by atoms with Gasteiger partial charge in [0.2, 0.25) is 0 Å². The van der Waals surface area contributed by atoms with Gasteiger partial charge in [-0.15, -0.1) is 11.3 Å². The molecule has 0 aliphatic heterocycles. The van der Waals surface area contributed by atoms with Crippen LogP contribution in [0, 0.1) is 6.92 Å². The molecule has 0 fully saturated rings. The zero-order valence-electron chi connectivity index (χ0n) is 12.8. The number of aryl methyl sites for hydroxylation is 1. The van der Waals surface area contributed by atoms with Gasteiger partial charge in [0.25, 0.3) is 0 Å². The highest BCUT2D eigenvalue weighted by Gasteiger charge is 2.20. The van der Waals surface area contributed by atoms with Crippen LogP contribution in [0.1, 0.15) is 36.1 Å². The summed E-state index contributed by atoms with van der Waals surface area (Å²) in [7, 11) is 0. The SMILES string of the molecule is CCCOc1ccc(OC(c2ccc(C)s2)C(C)N)cc1. The Labute approximate surface area is 130 Å². The molecule has 0 bridgehead atoms. The van der Waals surface area contributed by atoms with Gasteiger partial charge in [-0.2, -0.15) is 0 Å². The molecule has 0 spiro atoms. The van der Waals surface area contributed by atoms with Crippen LogP contribution in [0.25, 0.3) is 0 Å². The van der Waals surface area contributed by atoms with Crippen LogP contribution in [0.5, 0.6) is 11.5 Å². The molecule has 2 atom stereocenters. The number of hydrogen-bond acceptors (Lipinski definition) is 4. The highest BCUT2D eigenvalue weighted by molar-refractivity contribution is 7.12. The molecular formula is C17H23NO2S. The number of rotatable bonds is 7. The van der Waals surface area contributed by atoms with Crippen molar-refractivity contribution in [2.75, 3.05) is 6.61 Å². The molecule has 2 aromatic rings. The van der Waals surface area contributed by atoms with Crippen LogP contribution >= 0.6 is 11.3 Å². The summed E-state index contributed by atoms with van der Waals surface area (Å²) in [5, 5.41) is 0. The predicted octanol–water partition coefficient (Wildman–Crippen LogP) is 4.31. The quantitative estimate of drug-likeness (QED) is 0.829. The van der Waals surface area contributed by atoms with Crippen molar-refractivity contribution in [1.29, 1.82) is 0 Å². The minimum absolute atomic E-state index is 0.0703. The Kier molecular flexibility index (Phi) is 5.65. The maximum Gasteiger partial charge on any atom is 0.148 e. The van der Waals surface area contributed by atoms with E-state index in [1.807, 2.05) is 31.2 Å². The highest BCUT2D eigenvalue weighted by atomic mass is 32.1. The molecule has 4 heteroatoms. The van der Waals surface area contributed by atoms with Gasteiger partial charge in [0.1, 0.15) is 17.6 Å². The molecule has 0 radical (unpaired) electrons. The summed E-state index contributed by atoms with van der Waals surface area (Å²) in [4.78, 5) is 2.43. The first kappa shape index (κ1) is 15.9. The van der Waals surface area contributed by atoms with Gasteiger partial charge >= 0.3 is 0 Å². The first-order valence-electron chi connectivity index (χ1n) is 7.31. The van der Waals surface area contributed by atoms with Crippen molar-refractivity contribution >= 4 is 11.3 Å². The minimum Gasteiger partial charge on any atom is -0.494 e. The zero-order chi connectivity index (χ0) is 15.2. The topological polar surface area (TPSA) is 44.5 Å². The van der Waals surface area contributed by atoms with Gasteiger partial charge in [-0.3, -0.25) is 0 Å². The van der Waals surface area contributed by atoms with Crippen LogP contribution in [-0.4, -0.2) is 12.6 Å². The lowest BCUT2D eigenvalue weighted by Gasteiger charge is -2.21. The molecule has 21 heavy (non-hydrogen) atoms. The Morgan fingerprint density at radius 3 is 2.29 bits per heavy atom. The van der Waals surface area contributed by atoms with Crippen LogP contribution in [0.4, 0.5) is 0 Å². The first-order valence-corrected chi connectivity index (χ1v) is 8.13. The van der Waals surface area contributed by atoms with E-state index in [0.717, 1.165) is 29.4 Å². The van der Waals surface area contributed by atoms with E-state index in [0.29, 0.717) is 0 Å². The number of hydrogen-bond donors (Lipinski definition) is 1. The summed E-state index contributed by atoms with van der Waals surface area (Å²) in [6.07, 6.45) is 0.883. The lowest BCUT2D eigenvalue weighted by atomic mass is 10.1. The Morgan fingerprint density at radius 2 is 1.76 bits per heavy atom. The molecule has 2 N–H and O–H groups in total. The summed E-state index contributed by atoms with van der Waals surface area (Å²) in [6.45, 7) is 6.88. The van der Waals surface area contributed by atoms with Crippen LogP contribution < -0.4 is 15.2 Å². The molecule has 2 rings (SSSR count). The van der Waals surface area contributed by atoms with Crippen molar-refractivity contribution < 1.29 is 9.47 Å². The summed E-state index contributed by atoms with van der Waals surface area (Å²) in [5.74, 6) is 1.68. The minimum atomic E-state index is -0.119. The van der Waals surface area contributed by atoms with Crippen LogP contribution in [0.2, 0.25) is 0 Å². The average molecular weight is 305 g/mol. The van der Waals surface area contributed by atoms with Gasteiger partial charge in [0.15, 0.2) is 0 Å². The van der Waals surface area contributed by atoms with Crippen molar-refractivity contribution in [2.24, 2.45) is 5.73 Å². The van der Waals surface area contributed by atoms with E-state index < -0.39 is 0 Å². The van der Waals surface area contributed by atoms with Crippen molar-refractivity contribution in [3.8, 4) is 11.5 Å². The van der Waals surface area contributed by atoms with Gasteiger partial charge in [-0.25, -0.2) is 0 Å². The monoisotopic (exact) mass is 305 g/mol. The molecule has 0 aliphatic carbocycles. The lowest BCUT2D eigenvalue weighted by Crippen LogP contribution is -2.28. The molecule has 2 unspecified atom stereocenters. The molecule has 3 nitrogen and oxygen atoms in total. The van der Waals surface area contributed by atoms with Gasteiger partial charge in [-0.05, 0) is 56.7 Å². The third kappa shape index (κ3) is 4.48. The van der Waals surface area contributed by atoms with Crippen molar-refractivity contribution in [1.82, 2.24) is 0 Å². The average Bonchev–Trinajstić information content (AvgIpc) is 2.89. The first-order chi connectivity index (χ1) is 10.1.